The number of hydrogen-bond acceptors (Lipinski definition) is 4. The van der Waals surface area contributed by atoms with E-state index in [2.05, 4.69) is 9.97 Å². The van der Waals surface area contributed by atoms with Gasteiger partial charge in [-0.25, -0.2) is 4.57 Å². The highest BCUT2D eigenvalue weighted by Crippen LogP contribution is 2.29. The lowest BCUT2D eigenvalue weighted by Crippen LogP contribution is -2.21. The number of aromatic nitrogens is 3. The molecule has 5 rings (SSSR count). The molecule has 0 N–H and O–H groups in total. The van der Waals surface area contributed by atoms with E-state index in [9.17, 15) is 4.79 Å². The summed E-state index contributed by atoms with van der Waals surface area (Å²) in [6, 6.07) is 24.7. The van der Waals surface area contributed by atoms with Crippen LogP contribution in [0, 0.1) is 6.92 Å². The third-order valence-electron chi connectivity index (χ3n) is 4.80. The number of hydrogen-bond donors (Lipinski definition) is 0. The molecule has 0 aliphatic rings. The zero-order valence-electron chi connectivity index (χ0n) is 15.7. The maximum absolute atomic E-state index is 13.3. The molecule has 2 aromatic heterocycles. The van der Waals surface area contributed by atoms with Crippen molar-refractivity contribution in [2.24, 2.45) is 0 Å². The van der Waals surface area contributed by atoms with E-state index in [1.807, 2.05) is 79.7 Å². The van der Waals surface area contributed by atoms with Crippen LogP contribution in [0.3, 0.4) is 0 Å². The molecule has 0 amide bonds. The number of nitrogens with zero attached hydrogens (tertiary/aromatic N) is 3. The van der Waals surface area contributed by atoms with Crippen molar-refractivity contribution in [1.82, 2.24) is 14.5 Å². The zero-order chi connectivity index (χ0) is 19.8. The number of fused-ring (bicyclic) bond motifs is 2. The summed E-state index contributed by atoms with van der Waals surface area (Å²) in [7, 11) is 0. The Bertz CT molecular complexity index is 1420. The third kappa shape index (κ3) is 3.02. The van der Waals surface area contributed by atoms with Gasteiger partial charge in [-0.05, 0) is 48.9 Å². The number of benzene rings is 3. The predicted octanol–water partition coefficient (Wildman–Crippen LogP) is 5.03. The first-order chi connectivity index (χ1) is 14.2. The minimum atomic E-state index is -0.176. The van der Waals surface area contributed by atoms with Crippen molar-refractivity contribution in [2.75, 3.05) is 0 Å². The molecule has 140 valence electrons. The van der Waals surface area contributed by atoms with Crippen LogP contribution >= 0.6 is 0 Å². The second-order valence-electron chi connectivity index (χ2n) is 6.82. The molecule has 0 aliphatic heterocycles. The van der Waals surface area contributed by atoms with Crippen molar-refractivity contribution in [3.8, 4) is 17.4 Å². The molecule has 0 radical (unpaired) electrons. The van der Waals surface area contributed by atoms with E-state index in [1.54, 1.807) is 12.3 Å². The van der Waals surface area contributed by atoms with Crippen molar-refractivity contribution in [1.29, 1.82) is 0 Å². The molecule has 0 fully saturated rings. The summed E-state index contributed by atoms with van der Waals surface area (Å²) in [6.45, 7) is 1.98. The van der Waals surface area contributed by atoms with Gasteiger partial charge in [0.15, 0.2) is 5.75 Å². The summed E-state index contributed by atoms with van der Waals surface area (Å²) in [4.78, 5) is 22.4. The van der Waals surface area contributed by atoms with Crippen molar-refractivity contribution in [2.45, 2.75) is 6.92 Å². The summed E-state index contributed by atoms with van der Waals surface area (Å²) < 4.78 is 7.71. The van der Waals surface area contributed by atoms with Gasteiger partial charge in [-0.1, -0.05) is 42.5 Å². The molecule has 0 atom stereocenters. The lowest BCUT2D eigenvalue weighted by atomic mass is 10.2. The highest BCUT2D eigenvalue weighted by Gasteiger charge is 2.16. The van der Waals surface area contributed by atoms with Crippen molar-refractivity contribution >= 4 is 21.8 Å². The molecule has 5 aromatic rings. The number of ether oxygens (including phenoxy) is 1. The Morgan fingerprint density at radius 2 is 1.72 bits per heavy atom. The first-order valence-electron chi connectivity index (χ1n) is 9.31. The average Bonchev–Trinajstić information content (AvgIpc) is 2.74. The summed E-state index contributed by atoms with van der Waals surface area (Å²) >= 11 is 0. The molecule has 3 aromatic carbocycles. The van der Waals surface area contributed by atoms with Gasteiger partial charge in [0.2, 0.25) is 0 Å². The summed E-state index contributed by atoms with van der Waals surface area (Å²) in [5, 5.41) is 1.49. The molecule has 0 saturated carbocycles. The van der Waals surface area contributed by atoms with Crippen LogP contribution in [-0.4, -0.2) is 14.5 Å². The second-order valence-corrected chi connectivity index (χ2v) is 6.82. The fraction of sp³-hybridized carbons (Fsp3) is 0.0417. The van der Waals surface area contributed by atoms with Gasteiger partial charge in [0.1, 0.15) is 5.52 Å². The average molecular weight is 379 g/mol. The van der Waals surface area contributed by atoms with Gasteiger partial charge in [-0.2, -0.15) is 4.98 Å². The Morgan fingerprint density at radius 3 is 2.62 bits per heavy atom. The Balaban J connectivity index is 1.78. The lowest BCUT2D eigenvalue weighted by Gasteiger charge is -2.15. The topological polar surface area (TPSA) is 57.0 Å². The highest BCUT2D eigenvalue weighted by atomic mass is 16.5. The summed E-state index contributed by atoms with van der Waals surface area (Å²) in [5.41, 5.74) is 2.87. The molecule has 0 bridgehead atoms. The fourth-order valence-corrected chi connectivity index (χ4v) is 3.43. The van der Waals surface area contributed by atoms with Gasteiger partial charge < -0.3 is 4.74 Å². The van der Waals surface area contributed by atoms with Crippen LogP contribution in [0.15, 0.2) is 89.9 Å². The second kappa shape index (κ2) is 6.87. The molecule has 0 saturated heterocycles. The highest BCUT2D eigenvalue weighted by molar-refractivity contribution is 5.84. The van der Waals surface area contributed by atoms with Gasteiger partial charge in [0, 0.05) is 11.6 Å². The smallest absolute Gasteiger partial charge is 0.310 e. The standard InChI is InChI=1S/C24H17N3O2/c1-16-7-4-10-18(15-16)27-23(28)19-11-2-3-12-20(19)26-24(27)29-21-13-5-8-17-9-6-14-25-22(17)21/h2-15H,1H3. The number of aryl methyl sites for hydroxylation is 1. The molecular formula is C24H17N3O2. The van der Waals surface area contributed by atoms with E-state index in [0.717, 1.165) is 10.9 Å². The molecule has 0 spiro atoms. The number of pyridine rings is 1. The first kappa shape index (κ1) is 17.1. The van der Waals surface area contributed by atoms with E-state index >= 15 is 0 Å². The Kier molecular flexibility index (Phi) is 4.06. The molecular weight excluding hydrogens is 362 g/mol. The van der Waals surface area contributed by atoms with Gasteiger partial charge >= 0.3 is 6.01 Å². The molecule has 29 heavy (non-hydrogen) atoms. The summed E-state index contributed by atoms with van der Waals surface area (Å²) in [5.74, 6) is 0.548. The van der Waals surface area contributed by atoms with E-state index in [-0.39, 0.29) is 11.6 Å². The summed E-state index contributed by atoms with van der Waals surface area (Å²) in [6.07, 6.45) is 1.72. The van der Waals surface area contributed by atoms with Crippen LogP contribution in [-0.2, 0) is 0 Å². The van der Waals surface area contributed by atoms with E-state index in [0.29, 0.717) is 27.9 Å². The first-order valence-corrected chi connectivity index (χ1v) is 9.31. The van der Waals surface area contributed by atoms with Crippen LogP contribution in [0.4, 0.5) is 0 Å². The predicted molar refractivity (Wildman–Crippen MR) is 114 cm³/mol. The Labute approximate surface area is 166 Å². The fourth-order valence-electron chi connectivity index (χ4n) is 3.43. The largest absolute Gasteiger partial charge is 0.423 e. The van der Waals surface area contributed by atoms with Gasteiger partial charge in [0.25, 0.3) is 5.56 Å². The van der Waals surface area contributed by atoms with Gasteiger partial charge in [-0.3, -0.25) is 9.78 Å². The molecule has 0 aliphatic carbocycles. The molecule has 0 unspecified atom stereocenters. The van der Waals surface area contributed by atoms with Crippen molar-refractivity contribution in [3.05, 3.63) is 101 Å². The van der Waals surface area contributed by atoms with E-state index < -0.39 is 0 Å². The Hall–Kier alpha value is -3.99. The van der Waals surface area contributed by atoms with Crippen LogP contribution in [0.2, 0.25) is 0 Å². The number of rotatable bonds is 3. The van der Waals surface area contributed by atoms with Gasteiger partial charge in [-0.15, -0.1) is 0 Å². The quantitative estimate of drug-likeness (QED) is 0.441. The Morgan fingerprint density at radius 1 is 0.897 bits per heavy atom. The van der Waals surface area contributed by atoms with Crippen LogP contribution in [0.5, 0.6) is 11.8 Å². The maximum Gasteiger partial charge on any atom is 0.310 e. The van der Waals surface area contributed by atoms with E-state index in [1.165, 1.54) is 4.57 Å². The molecule has 5 heteroatoms. The van der Waals surface area contributed by atoms with E-state index in [4.69, 9.17) is 4.74 Å². The minimum absolute atomic E-state index is 0.176. The normalized spacial score (nSPS) is 11.1. The number of para-hydroxylation sites is 2. The van der Waals surface area contributed by atoms with Crippen LogP contribution < -0.4 is 10.3 Å². The molecule has 5 nitrogen and oxygen atoms in total. The zero-order valence-corrected chi connectivity index (χ0v) is 15.7. The van der Waals surface area contributed by atoms with Crippen molar-refractivity contribution in [3.63, 3.8) is 0 Å². The lowest BCUT2D eigenvalue weighted by molar-refractivity contribution is 0.431. The monoisotopic (exact) mass is 379 g/mol. The van der Waals surface area contributed by atoms with Crippen LogP contribution in [0.1, 0.15) is 5.56 Å². The molecule has 2 heterocycles. The third-order valence-corrected chi connectivity index (χ3v) is 4.80. The minimum Gasteiger partial charge on any atom is -0.423 e. The maximum atomic E-state index is 13.3. The SMILES string of the molecule is Cc1cccc(-n2c(Oc3cccc4cccnc34)nc3ccccc3c2=O)c1. The van der Waals surface area contributed by atoms with Crippen molar-refractivity contribution < 1.29 is 4.74 Å². The van der Waals surface area contributed by atoms with Crippen LogP contribution in [0.25, 0.3) is 27.5 Å². The van der Waals surface area contributed by atoms with Gasteiger partial charge in [0.05, 0.1) is 16.6 Å².